The number of pyridine rings is 1. The topological polar surface area (TPSA) is 128 Å². The Labute approximate surface area is 187 Å². The van der Waals surface area contributed by atoms with Gasteiger partial charge in [0.15, 0.2) is 0 Å². The van der Waals surface area contributed by atoms with Gasteiger partial charge in [-0.15, -0.1) is 0 Å². The van der Waals surface area contributed by atoms with Gasteiger partial charge in [-0.2, -0.15) is 0 Å². The number of benzene rings is 2. The molecule has 0 bridgehead atoms. The first kappa shape index (κ1) is 23.9. The fourth-order valence-corrected chi connectivity index (χ4v) is 2.56. The number of nitrogens with zero attached hydrogens (tertiary/aromatic N) is 4. The maximum atomic E-state index is 11.5. The third-order valence-corrected chi connectivity index (χ3v) is 4.25. The molecule has 0 atom stereocenters. The van der Waals surface area contributed by atoms with Crippen molar-refractivity contribution in [3.8, 4) is 11.1 Å². The van der Waals surface area contributed by atoms with E-state index in [0.717, 1.165) is 22.4 Å². The van der Waals surface area contributed by atoms with Crippen molar-refractivity contribution >= 4 is 29.5 Å². The standard InChI is InChI=1S/C20H17N3O2.C4H9N3/c1-25-20(24)17-8-4-15(5-9-17)14-2-6-16(7-3-14)19(21)23-18-10-12-22-13-11-18;1-6-3-4(5)7-2/h2-13H,1H3,(H2,21,22,23);3H,1-2H3,(H2,5,7). The summed E-state index contributed by atoms with van der Waals surface area (Å²) in [5.41, 5.74) is 15.4. The molecule has 4 N–H and O–H groups in total. The van der Waals surface area contributed by atoms with Crippen LogP contribution in [0, 0.1) is 0 Å². The van der Waals surface area contributed by atoms with Gasteiger partial charge >= 0.3 is 5.97 Å². The molecule has 0 radical (unpaired) electrons. The van der Waals surface area contributed by atoms with Crippen LogP contribution < -0.4 is 11.5 Å². The molecule has 164 valence electrons. The second-order valence-electron chi connectivity index (χ2n) is 6.38. The number of esters is 1. The van der Waals surface area contributed by atoms with E-state index in [0.29, 0.717) is 17.2 Å². The highest BCUT2D eigenvalue weighted by atomic mass is 16.5. The van der Waals surface area contributed by atoms with Crippen molar-refractivity contribution in [3.05, 3.63) is 84.2 Å². The van der Waals surface area contributed by atoms with Gasteiger partial charge in [0.2, 0.25) is 0 Å². The second-order valence-corrected chi connectivity index (χ2v) is 6.38. The van der Waals surface area contributed by atoms with Crippen LogP contribution in [0.2, 0.25) is 0 Å². The van der Waals surface area contributed by atoms with Gasteiger partial charge in [0.25, 0.3) is 0 Å². The Hall–Kier alpha value is -4.33. The van der Waals surface area contributed by atoms with Gasteiger partial charge in [-0.3, -0.25) is 15.0 Å². The third-order valence-electron chi connectivity index (χ3n) is 4.25. The number of amidine groups is 2. The largest absolute Gasteiger partial charge is 0.465 e. The van der Waals surface area contributed by atoms with E-state index >= 15 is 0 Å². The maximum absolute atomic E-state index is 11.5. The predicted molar refractivity (Wildman–Crippen MR) is 130 cm³/mol. The molecule has 0 aliphatic heterocycles. The molecule has 0 saturated carbocycles. The Bertz CT molecular complexity index is 1090. The Morgan fingerprint density at radius 3 is 1.84 bits per heavy atom. The van der Waals surface area contributed by atoms with Gasteiger partial charge < -0.3 is 16.2 Å². The molecule has 8 heteroatoms. The Morgan fingerprint density at radius 2 is 1.41 bits per heavy atom. The van der Waals surface area contributed by atoms with E-state index in [1.165, 1.54) is 13.3 Å². The number of aliphatic imine (C=N–C) groups is 3. The van der Waals surface area contributed by atoms with Crippen molar-refractivity contribution in [3.63, 3.8) is 0 Å². The summed E-state index contributed by atoms with van der Waals surface area (Å²) >= 11 is 0. The van der Waals surface area contributed by atoms with E-state index in [4.69, 9.17) is 16.2 Å². The van der Waals surface area contributed by atoms with Crippen molar-refractivity contribution in [2.24, 2.45) is 26.4 Å². The van der Waals surface area contributed by atoms with Gasteiger partial charge in [0, 0.05) is 32.1 Å². The van der Waals surface area contributed by atoms with E-state index in [1.807, 2.05) is 36.4 Å². The molecule has 1 heterocycles. The highest BCUT2D eigenvalue weighted by Crippen LogP contribution is 2.21. The average Bonchev–Trinajstić information content (AvgIpc) is 2.85. The molecule has 2 aromatic carbocycles. The van der Waals surface area contributed by atoms with Crippen LogP contribution in [0.4, 0.5) is 5.69 Å². The number of nitrogens with two attached hydrogens (primary N) is 2. The summed E-state index contributed by atoms with van der Waals surface area (Å²) < 4.78 is 4.70. The van der Waals surface area contributed by atoms with Crippen LogP contribution in [0.25, 0.3) is 11.1 Å². The molecule has 0 unspecified atom stereocenters. The first-order valence-electron chi connectivity index (χ1n) is 9.66. The second kappa shape index (κ2) is 12.4. The van der Waals surface area contributed by atoms with E-state index in [1.54, 1.807) is 50.8 Å². The van der Waals surface area contributed by atoms with Crippen molar-refractivity contribution < 1.29 is 9.53 Å². The minimum atomic E-state index is -0.345. The van der Waals surface area contributed by atoms with E-state index in [2.05, 4.69) is 20.0 Å². The van der Waals surface area contributed by atoms with E-state index in [9.17, 15) is 4.79 Å². The molecule has 0 aliphatic carbocycles. The molecule has 3 aromatic rings. The molecular weight excluding hydrogens is 404 g/mol. The van der Waals surface area contributed by atoms with Crippen LogP contribution in [0.15, 0.2) is 88.0 Å². The Kier molecular flexibility index (Phi) is 9.27. The van der Waals surface area contributed by atoms with Gasteiger partial charge in [-0.25, -0.2) is 9.79 Å². The number of methoxy groups -OCH3 is 1. The number of hydrogen-bond acceptors (Lipinski definition) is 6. The van der Waals surface area contributed by atoms with Crippen molar-refractivity contribution in [1.82, 2.24) is 4.98 Å². The molecule has 0 aliphatic rings. The summed E-state index contributed by atoms with van der Waals surface area (Å²) in [5.74, 6) is 0.559. The molecule has 32 heavy (non-hydrogen) atoms. The van der Waals surface area contributed by atoms with Crippen LogP contribution >= 0.6 is 0 Å². The minimum absolute atomic E-state index is 0.345. The van der Waals surface area contributed by atoms with Crippen LogP contribution in [0.3, 0.4) is 0 Å². The number of rotatable bonds is 5. The maximum Gasteiger partial charge on any atom is 0.337 e. The lowest BCUT2D eigenvalue weighted by Crippen LogP contribution is -2.12. The van der Waals surface area contributed by atoms with Gasteiger partial charge in [-0.05, 0) is 35.4 Å². The number of ether oxygens (including phenoxy) is 1. The molecule has 8 nitrogen and oxygen atoms in total. The number of hydrogen-bond donors (Lipinski definition) is 2. The summed E-state index contributed by atoms with van der Waals surface area (Å²) in [5, 5.41) is 0. The zero-order valence-corrected chi connectivity index (χ0v) is 18.3. The van der Waals surface area contributed by atoms with Gasteiger partial charge in [0.05, 0.1) is 24.6 Å². The fourth-order valence-electron chi connectivity index (χ4n) is 2.56. The normalized spacial score (nSPS) is 11.6. The highest BCUT2D eigenvalue weighted by molar-refractivity contribution is 6.28. The first-order chi connectivity index (χ1) is 15.5. The monoisotopic (exact) mass is 430 g/mol. The molecule has 3 rings (SSSR count). The fraction of sp³-hybridized carbons (Fsp3) is 0.125. The highest BCUT2D eigenvalue weighted by Gasteiger charge is 2.06. The van der Waals surface area contributed by atoms with Crippen LogP contribution in [-0.4, -0.2) is 50.0 Å². The van der Waals surface area contributed by atoms with Crippen molar-refractivity contribution in [2.75, 3.05) is 21.2 Å². The average molecular weight is 431 g/mol. The summed E-state index contributed by atoms with van der Waals surface area (Å²) in [6, 6.07) is 18.6. The minimum Gasteiger partial charge on any atom is -0.465 e. The van der Waals surface area contributed by atoms with E-state index < -0.39 is 0 Å². The summed E-state index contributed by atoms with van der Waals surface area (Å²) in [6.07, 6.45) is 4.85. The molecular formula is C24H26N6O2. The van der Waals surface area contributed by atoms with Crippen LogP contribution in [-0.2, 0) is 4.74 Å². The van der Waals surface area contributed by atoms with Gasteiger partial charge in [0.1, 0.15) is 11.7 Å². The Balaban J connectivity index is 0.000000451. The van der Waals surface area contributed by atoms with Crippen molar-refractivity contribution in [2.45, 2.75) is 0 Å². The summed E-state index contributed by atoms with van der Waals surface area (Å²) in [4.78, 5) is 27.1. The molecule has 0 saturated heterocycles. The number of carbonyl (C=O) groups is 1. The SMILES string of the molecule is CN=CC(N)=NC.COC(=O)c1ccc(-c2ccc(C(N)=Nc3ccncc3)cc2)cc1. The van der Waals surface area contributed by atoms with Gasteiger partial charge in [-0.1, -0.05) is 36.4 Å². The summed E-state index contributed by atoms with van der Waals surface area (Å²) in [7, 11) is 4.64. The van der Waals surface area contributed by atoms with Crippen LogP contribution in [0.1, 0.15) is 15.9 Å². The molecule has 1 aromatic heterocycles. The molecule has 0 spiro atoms. The zero-order chi connectivity index (χ0) is 23.3. The van der Waals surface area contributed by atoms with Crippen LogP contribution in [0.5, 0.6) is 0 Å². The Morgan fingerprint density at radius 1 is 0.875 bits per heavy atom. The predicted octanol–water partition coefficient (Wildman–Crippen LogP) is 3.25. The lowest BCUT2D eigenvalue weighted by atomic mass is 10.0. The smallest absolute Gasteiger partial charge is 0.337 e. The molecule has 0 fully saturated rings. The van der Waals surface area contributed by atoms with E-state index in [-0.39, 0.29) is 5.97 Å². The lowest BCUT2D eigenvalue weighted by molar-refractivity contribution is 0.0601. The van der Waals surface area contributed by atoms with Crippen molar-refractivity contribution in [1.29, 1.82) is 0 Å². The third kappa shape index (κ3) is 7.17. The number of carbonyl (C=O) groups excluding carboxylic acids is 1. The summed E-state index contributed by atoms with van der Waals surface area (Å²) in [6.45, 7) is 0. The quantitative estimate of drug-likeness (QED) is 0.365. The zero-order valence-electron chi connectivity index (χ0n) is 18.3. The first-order valence-corrected chi connectivity index (χ1v) is 9.66. The molecule has 0 amide bonds. The lowest BCUT2D eigenvalue weighted by Gasteiger charge is -2.06. The number of aromatic nitrogens is 1.